The van der Waals surface area contributed by atoms with Gasteiger partial charge >= 0.3 is 11.9 Å². The summed E-state index contributed by atoms with van der Waals surface area (Å²) < 4.78 is 32.7. The largest absolute Gasteiger partial charge is 0.451 e. The number of halogens is 2. The van der Waals surface area contributed by atoms with E-state index in [1.54, 1.807) is 0 Å². The first-order valence-electron chi connectivity index (χ1n) is 7.58. The minimum atomic E-state index is -4.06. The number of piperazine rings is 1. The van der Waals surface area contributed by atoms with E-state index in [0.717, 1.165) is 11.3 Å². The number of nitrogens with one attached hydrogen (secondary N) is 1. The smallest absolute Gasteiger partial charge is 0.380 e. The van der Waals surface area contributed by atoms with Crippen LogP contribution in [0.5, 0.6) is 0 Å². The number of esters is 1. The first-order chi connectivity index (χ1) is 10.8. The zero-order valence-electron chi connectivity index (χ0n) is 12.6. The van der Waals surface area contributed by atoms with Crippen molar-refractivity contribution in [2.24, 2.45) is 0 Å². The Bertz CT molecular complexity index is 492. The Kier molecular flexibility index (Phi) is 5.18. The third kappa shape index (κ3) is 3.77. The molecule has 0 atom stereocenters. The molecule has 1 saturated carbocycles. The molecule has 1 heterocycles. The molecule has 2 aliphatic rings. The molecule has 2 rings (SSSR count). The lowest BCUT2D eigenvalue weighted by atomic mass is 9.80. The van der Waals surface area contributed by atoms with E-state index in [2.05, 4.69) is 10.1 Å². The average molecular weight is 334 g/mol. The van der Waals surface area contributed by atoms with Crippen molar-refractivity contribution in [3.05, 3.63) is 0 Å². The second-order valence-corrected chi connectivity index (χ2v) is 5.91. The lowest BCUT2D eigenvalue weighted by Crippen LogP contribution is -2.55. The van der Waals surface area contributed by atoms with Crippen LogP contribution in [-0.2, 0) is 19.1 Å². The van der Waals surface area contributed by atoms with Crippen molar-refractivity contribution < 1.29 is 33.0 Å². The third-order valence-corrected chi connectivity index (χ3v) is 4.24. The molecule has 130 valence electrons. The molecule has 0 bridgehead atoms. The van der Waals surface area contributed by atoms with Crippen LogP contribution >= 0.6 is 0 Å². The van der Waals surface area contributed by atoms with Gasteiger partial charge in [0.25, 0.3) is 5.91 Å². The number of aliphatic hydroxyl groups is 1. The molecule has 2 amide bonds. The summed E-state index contributed by atoms with van der Waals surface area (Å²) in [6, 6.07) is 0. The van der Waals surface area contributed by atoms with Crippen LogP contribution in [-0.4, -0.2) is 65.6 Å². The fraction of sp³-hybridized carbons (Fsp3) is 0.786. The average Bonchev–Trinajstić information content (AvgIpc) is 2.52. The first kappa shape index (κ1) is 17.6. The number of nitrogens with zero attached hydrogens (tertiary/aromatic N) is 1. The Morgan fingerprint density at radius 3 is 2.57 bits per heavy atom. The van der Waals surface area contributed by atoms with Gasteiger partial charge in [0, 0.05) is 13.1 Å². The van der Waals surface area contributed by atoms with Gasteiger partial charge in [-0.05, 0) is 12.8 Å². The maximum absolute atomic E-state index is 14.1. The van der Waals surface area contributed by atoms with Crippen LogP contribution in [0, 0.1) is 0 Å². The van der Waals surface area contributed by atoms with Crippen molar-refractivity contribution in [1.82, 2.24) is 10.2 Å². The van der Waals surface area contributed by atoms with Gasteiger partial charge in [0.15, 0.2) is 6.61 Å². The minimum absolute atomic E-state index is 0.185. The highest BCUT2D eigenvalue weighted by Crippen LogP contribution is 2.41. The Balaban J connectivity index is 1.90. The highest BCUT2D eigenvalue weighted by molar-refractivity contribution is 5.88. The molecular weight excluding hydrogens is 314 g/mol. The van der Waals surface area contributed by atoms with Gasteiger partial charge in [-0.1, -0.05) is 19.3 Å². The maximum Gasteiger partial charge on any atom is 0.380 e. The van der Waals surface area contributed by atoms with Crippen LogP contribution in [0.4, 0.5) is 8.78 Å². The lowest BCUT2D eigenvalue weighted by Gasteiger charge is -2.37. The van der Waals surface area contributed by atoms with Gasteiger partial charge in [-0.25, -0.2) is 4.79 Å². The van der Waals surface area contributed by atoms with Crippen molar-refractivity contribution >= 4 is 17.8 Å². The van der Waals surface area contributed by atoms with E-state index in [9.17, 15) is 28.3 Å². The lowest BCUT2D eigenvalue weighted by molar-refractivity contribution is -0.221. The number of amides is 2. The highest BCUT2D eigenvalue weighted by Gasteiger charge is 2.59. The van der Waals surface area contributed by atoms with Crippen molar-refractivity contribution in [2.75, 3.05) is 26.2 Å². The van der Waals surface area contributed by atoms with Gasteiger partial charge in [0.1, 0.15) is 5.60 Å². The quantitative estimate of drug-likeness (QED) is 0.695. The fourth-order valence-electron chi connectivity index (χ4n) is 2.80. The van der Waals surface area contributed by atoms with Gasteiger partial charge in [-0.2, -0.15) is 8.78 Å². The van der Waals surface area contributed by atoms with Crippen LogP contribution in [0.25, 0.3) is 0 Å². The second kappa shape index (κ2) is 6.77. The molecule has 0 spiro atoms. The molecule has 2 fully saturated rings. The topological polar surface area (TPSA) is 95.9 Å². The van der Waals surface area contributed by atoms with Crippen LogP contribution in [0.3, 0.4) is 0 Å². The van der Waals surface area contributed by atoms with Crippen molar-refractivity contribution in [3.63, 3.8) is 0 Å². The van der Waals surface area contributed by atoms with Crippen molar-refractivity contribution in [2.45, 2.75) is 43.6 Å². The highest BCUT2D eigenvalue weighted by atomic mass is 19.3. The van der Waals surface area contributed by atoms with E-state index in [1.807, 2.05) is 0 Å². The van der Waals surface area contributed by atoms with Gasteiger partial charge in [-0.15, -0.1) is 0 Å². The molecular formula is C14H20F2N2O5. The molecule has 23 heavy (non-hydrogen) atoms. The number of hydrogen-bond donors (Lipinski definition) is 2. The van der Waals surface area contributed by atoms with Crippen LogP contribution in [0.15, 0.2) is 0 Å². The normalized spacial score (nSPS) is 21.5. The summed E-state index contributed by atoms with van der Waals surface area (Å²) in [4.78, 5) is 35.7. The summed E-state index contributed by atoms with van der Waals surface area (Å²) >= 11 is 0. The number of alkyl halides is 2. The number of carbonyl (C=O) groups excluding carboxylic acids is 3. The predicted octanol–water partition coefficient (Wildman–Crippen LogP) is -0.182. The van der Waals surface area contributed by atoms with E-state index in [1.165, 1.54) is 0 Å². The molecule has 0 aromatic carbocycles. The van der Waals surface area contributed by atoms with Gasteiger partial charge < -0.3 is 20.1 Å². The summed E-state index contributed by atoms with van der Waals surface area (Å²) in [5.41, 5.74) is -2.42. The summed E-state index contributed by atoms with van der Waals surface area (Å²) in [5.74, 6) is -7.05. The van der Waals surface area contributed by atoms with Crippen molar-refractivity contribution in [3.8, 4) is 0 Å². The van der Waals surface area contributed by atoms with Crippen LogP contribution in [0.2, 0.25) is 0 Å². The molecule has 1 aliphatic heterocycles. The van der Waals surface area contributed by atoms with E-state index in [-0.39, 0.29) is 38.4 Å². The zero-order valence-corrected chi connectivity index (χ0v) is 12.6. The maximum atomic E-state index is 14.1. The number of ether oxygens (including phenoxy) is 1. The SMILES string of the molecule is O=C1CN(C(=O)COC(=O)C(F)(F)C2(O)CCCCC2)CCN1. The molecule has 1 aliphatic carbocycles. The van der Waals surface area contributed by atoms with Gasteiger partial charge in [0.05, 0.1) is 6.54 Å². The third-order valence-electron chi connectivity index (χ3n) is 4.24. The fourth-order valence-corrected chi connectivity index (χ4v) is 2.80. The Hall–Kier alpha value is -1.77. The summed E-state index contributed by atoms with van der Waals surface area (Å²) in [5, 5.41) is 12.5. The first-order valence-corrected chi connectivity index (χ1v) is 7.58. The number of carbonyl (C=O) groups is 3. The molecule has 7 nitrogen and oxygen atoms in total. The van der Waals surface area contributed by atoms with E-state index in [0.29, 0.717) is 12.8 Å². The minimum Gasteiger partial charge on any atom is -0.451 e. The monoisotopic (exact) mass is 334 g/mol. The van der Waals surface area contributed by atoms with Gasteiger partial charge in [-0.3, -0.25) is 9.59 Å². The molecule has 2 N–H and O–H groups in total. The molecule has 0 aromatic rings. The second-order valence-electron chi connectivity index (χ2n) is 5.91. The summed E-state index contributed by atoms with van der Waals surface area (Å²) in [6.45, 7) is -0.592. The standard InChI is InChI=1S/C14H20F2N2O5/c15-14(16,13(22)4-2-1-3-5-13)12(21)23-9-11(20)18-7-6-17-10(19)8-18/h22H,1-9H2,(H,17,19). The van der Waals surface area contributed by atoms with Gasteiger partial charge in [0.2, 0.25) is 5.91 Å². The van der Waals surface area contributed by atoms with E-state index < -0.39 is 30.0 Å². The molecule has 0 radical (unpaired) electrons. The molecule has 1 saturated heterocycles. The predicted molar refractivity (Wildman–Crippen MR) is 73.5 cm³/mol. The van der Waals surface area contributed by atoms with E-state index in [4.69, 9.17) is 0 Å². The van der Waals surface area contributed by atoms with Crippen molar-refractivity contribution in [1.29, 1.82) is 0 Å². The molecule has 0 aromatic heterocycles. The van der Waals surface area contributed by atoms with Crippen LogP contribution < -0.4 is 5.32 Å². The Morgan fingerprint density at radius 2 is 1.96 bits per heavy atom. The Morgan fingerprint density at radius 1 is 1.30 bits per heavy atom. The summed E-state index contributed by atoms with van der Waals surface area (Å²) in [7, 11) is 0. The summed E-state index contributed by atoms with van der Waals surface area (Å²) in [6.07, 6.45) is 1.16. The van der Waals surface area contributed by atoms with Crippen LogP contribution in [0.1, 0.15) is 32.1 Å². The molecule has 9 heteroatoms. The number of hydrogen-bond acceptors (Lipinski definition) is 5. The number of rotatable bonds is 4. The molecule has 0 unspecified atom stereocenters. The Labute approximate surface area is 132 Å². The van der Waals surface area contributed by atoms with E-state index >= 15 is 0 Å². The zero-order chi connectivity index (χ0) is 17.1.